The molecule has 4 rings (SSSR count). The number of H-pyrrole nitrogens is 1. The summed E-state index contributed by atoms with van der Waals surface area (Å²) >= 11 is 0. The van der Waals surface area contributed by atoms with Crippen molar-refractivity contribution in [3.05, 3.63) is 66.2 Å². The van der Waals surface area contributed by atoms with E-state index in [1.807, 2.05) is 35.2 Å². The van der Waals surface area contributed by atoms with Gasteiger partial charge in [-0.1, -0.05) is 24.3 Å². The minimum atomic E-state index is -0.985. The number of nitrogens with one attached hydrogen (secondary N) is 1. The topological polar surface area (TPSA) is 70.9 Å². The van der Waals surface area contributed by atoms with Crippen molar-refractivity contribution >= 4 is 29.1 Å². The lowest BCUT2D eigenvalue weighted by atomic mass is 10.0. The molecule has 5 nitrogen and oxygen atoms in total. The molecule has 0 bridgehead atoms. The summed E-state index contributed by atoms with van der Waals surface area (Å²) in [4.78, 5) is 11.4. The smallest absolute Gasteiger partial charge is 0.335 e. The summed E-state index contributed by atoms with van der Waals surface area (Å²) in [5, 5.41) is 17.5. The highest BCUT2D eigenvalue weighted by atomic mass is 16.4. The molecule has 0 unspecified atom stereocenters. The van der Waals surface area contributed by atoms with Crippen LogP contribution in [0.4, 0.5) is 0 Å². The molecule has 0 amide bonds. The second-order valence-corrected chi connectivity index (χ2v) is 5.26. The molecule has 3 aromatic rings. The van der Waals surface area contributed by atoms with Crippen molar-refractivity contribution < 1.29 is 9.90 Å². The summed E-state index contributed by atoms with van der Waals surface area (Å²) in [6, 6.07) is 8.11. The van der Waals surface area contributed by atoms with E-state index in [1.165, 1.54) is 0 Å². The predicted molar refractivity (Wildman–Crippen MR) is 89.6 cm³/mol. The van der Waals surface area contributed by atoms with E-state index in [-0.39, 0.29) is 5.57 Å². The highest BCUT2D eigenvalue weighted by Gasteiger charge is 2.14. The Balaban J connectivity index is 2.08. The van der Waals surface area contributed by atoms with Gasteiger partial charge in [0.15, 0.2) is 0 Å². The highest BCUT2D eigenvalue weighted by molar-refractivity contribution is 6.00. The van der Waals surface area contributed by atoms with Gasteiger partial charge in [0.05, 0.1) is 16.8 Å². The maximum absolute atomic E-state index is 11.4. The van der Waals surface area contributed by atoms with Crippen LogP contribution in [0.3, 0.4) is 0 Å². The molecule has 1 aliphatic heterocycles. The van der Waals surface area contributed by atoms with Gasteiger partial charge < -0.3 is 9.67 Å². The number of aliphatic carboxylic acids is 1. The van der Waals surface area contributed by atoms with Crippen molar-refractivity contribution in [2.45, 2.75) is 0 Å². The number of allylic oxidation sites excluding steroid dienone is 2. The van der Waals surface area contributed by atoms with Crippen molar-refractivity contribution in [1.29, 1.82) is 0 Å². The molecule has 2 N–H and O–H groups in total. The Morgan fingerprint density at radius 1 is 1.17 bits per heavy atom. The first-order valence-corrected chi connectivity index (χ1v) is 7.17. The summed E-state index contributed by atoms with van der Waals surface area (Å²) in [5.41, 5.74) is 3.73. The molecule has 112 valence electrons. The zero-order chi connectivity index (χ0) is 15.8. The van der Waals surface area contributed by atoms with Gasteiger partial charge in [-0.25, -0.2) is 4.79 Å². The number of rotatable bonds is 1. The van der Waals surface area contributed by atoms with Crippen molar-refractivity contribution in [2.75, 3.05) is 0 Å². The normalized spacial score (nSPS) is 18.5. The fraction of sp³-hybridized carbons (Fsp3) is 0. The lowest BCUT2D eigenvalue weighted by Crippen LogP contribution is -1.97. The number of hydrogen-bond acceptors (Lipinski definition) is 2. The van der Waals surface area contributed by atoms with Gasteiger partial charge in [0.25, 0.3) is 0 Å². The first-order valence-electron chi connectivity index (χ1n) is 7.17. The molecule has 5 heteroatoms. The van der Waals surface area contributed by atoms with E-state index < -0.39 is 5.97 Å². The molecule has 0 saturated carbocycles. The molecule has 0 fully saturated rings. The standard InChI is InChI=1S/C18H13N3O2/c22-18(23)13-4-1-2-8-21-9-7-12-5-3-6-14(17(12)21)15-11-19-20-16(15)10-13/h1-11H,(H,19,20)(H,22,23)/b4-1-,8-2+,13-10-. The third kappa shape index (κ3) is 2.19. The third-order valence-electron chi connectivity index (χ3n) is 3.87. The molecule has 0 aliphatic carbocycles. The van der Waals surface area contributed by atoms with Crippen LogP contribution in [-0.2, 0) is 4.79 Å². The van der Waals surface area contributed by atoms with Crippen molar-refractivity contribution in [3.8, 4) is 11.1 Å². The molecule has 0 radical (unpaired) electrons. The lowest BCUT2D eigenvalue weighted by Gasteiger charge is -2.06. The molecule has 0 atom stereocenters. The zero-order valence-electron chi connectivity index (χ0n) is 12.1. The van der Waals surface area contributed by atoms with Gasteiger partial charge in [0, 0.05) is 35.1 Å². The Hall–Kier alpha value is -3.34. The Morgan fingerprint density at radius 3 is 2.96 bits per heavy atom. The number of para-hydroxylation sites is 1. The minimum Gasteiger partial charge on any atom is -0.478 e. The monoisotopic (exact) mass is 303 g/mol. The molecule has 1 aliphatic rings. The number of nitrogens with zero attached hydrogens (tertiary/aromatic N) is 2. The molecule has 0 saturated heterocycles. The van der Waals surface area contributed by atoms with E-state index in [1.54, 1.807) is 24.4 Å². The van der Waals surface area contributed by atoms with Crippen molar-refractivity contribution in [1.82, 2.24) is 14.8 Å². The van der Waals surface area contributed by atoms with Crippen LogP contribution in [-0.4, -0.2) is 25.8 Å². The number of hydrogen-bond donors (Lipinski definition) is 2. The van der Waals surface area contributed by atoms with E-state index in [4.69, 9.17) is 0 Å². The van der Waals surface area contributed by atoms with Crippen LogP contribution < -0.4 is 0 Å². The molecule has 0 spiro atoms. The fourth-order valence-corrected chi connectivity index (χ4v) is 2.82. The van der Waals surface area contributed by atoms with E-state index >= 15 is 0 Å². The van der Waals surface area contributed by atoms with Crippen molar-refractivity contribution in [2.24, 2.45) is 0 Å². The molecular weight excluding hydrogens is 290 g/mol. The molecule has 3 heterocycles. The van der Waals surface area contributed by atoms with E-state index in [0.717, 1.165) is 22.0 Å². The Bertz CT molecular complexity index is 1000. The maximum atomic E-state index is 11.4. The Labute approximate surface area is 131 Å². The minimum absolute atomic E-state index is 0.182. The number of aromatic amines is 1. The van der Waals surface area contributed by atoms with Gasteiger partial charge in [-0.05, 0) is 24.3 Å². The van der Waals surface area contributed by atoms with Crippen LogP contribution in [0.25, 0.3) is 34.3 Å². The third-order valence-corrected chi connectivity index (χ3v) is 3.87. The SMILES string of the molecule is O=C(O)C1=C\c2n[nH]cc2-c2cccc3ccn(c23)/C=C/C=C\1. The fourth-order valence-electron chi connectivity index (χ4n) is 2.82. The number of carboxylic acid groups (broad SMARTS) is 1. The Kier molecular flexibility index (Phi) is 2.98. The van der Waals surface area contributed by atoms with Gasteiger partial charge in [-0.3, -0.25) is 5.10 Å². The summed E-state index contributed by atoms with van der Waals surface area (Å²) < 4.78 is 2.03. The summed E-state index contributed by atoms with van der Waals surface area (Å²) in [6.45, 7) is 0. The van der Waals surface area contributed by atoms with Gasteiger partial charge in [-0.15, -0.1) is 0 Å². The van der Waals surface area contributed by atoms with Crippen LogP contribution in [0.1, 0.15) is 5.69 Å². The maximum Gasteiger partial charge on any atom is 0.335 e. The molecule has 23 heavy (non-hydrogen) atoms. The van der Waals surface area contributed by atoms with Crippen molar-refractivity contribution in [3.63, 3.8) is 0 Å². The largest absolute Gasteiger partial charge is 0.478 e. The van der Waals surface area contributed by atoms with Crippen LogP contribution in [0, 0.1) is 0 Å². The second-order valence-electron chi connectivity index (χ2n) is 5.26. The molecular formula is C18H13N3O2. The van der Waals surface area contributed by atoms with Gasteiger partial charge in [-0.2, -0.15) is 5.10 Å². The zero-order valence-corrected chi connectivity index (χ0v) is 12.1. The van der Waals surface area contributed by atoms with Crippen LogP contribution >= 0.6 is 0 Å². The number of carbonyl (C=O) groups is 1. The van der Waals surface area contributed by atoms with Crippen LogP contribution in [0.2, 0.25) is 0 Å². The van der Waals surface area contributed by atoms with Crippen LogP contribution in [0.15, 0.2) is 60.5 Å². The van der Waals surface area contributed by atoms with Gasteiger partial charge >= 0.3 is 5.97 Å². The van der Waals surface area contributed by atoms with E-state index in [9.17, 15) is 9.90 Å². The average Bonchev–Trinajstić information content (AvgIpc) is 3.15. The number of fused-ring (bicyclic) bond motifs is 2. The van der Waals surface area contributed by atoms with Gasteiger partial charge in [0.2, 0.25) is 0 Å². The summed E-state index contributed by atoms with van der Waals surface area (Å²) in [5.74, 6) is -0.985. The molecule has 2 aromatic heterocycles. The highest BCUT2D eigenvalue weighted by Crippen LogP contribution is 2.32. The summed E-state index contributed by atoms with van der Waals surface area (Å²) in [6.07, 6.45) is 12.4. The first kappa shape index (κ1) is 13.3. The van der Waals surface area contributed by atoms with Gasteiger partial charge in [0.1, 0.15) is 0 Å². The summed E-state index contributed by atoms with van der Waals surface area (Å²) in [7, 11) is 0. The number of aromatic nitrogens is 3. The Morgan fingerprint density at radius 2 is 2.09 bits per heavy atom. The number of carboxylic acids is 1. The first-order chi connectivity index (χ1) is 11.2. The predicted octanol–water partition coefficient (Wildman–Crippen LogP) is 3.54. The molecule has 1 aromatic carbocycles. The average molecular weight is 303 g/mol. The second kappa shape index (κ2) is 5.14. The van der Waals surface area contributed by atoms with E-state index in [0.29, 0.717) is 5.69 Å². The van der Waals surface area contributed by atoms with Crippen LogP contribution in [0.5, 0.6) is 0 Å². The lowest BCUT2D eigenvalue weighted by molar-refractivity contribution is -0.132. The number of benzene rings is 1. The quantitative estimate of drug-likeness (QED) is 0.722. The van der Waals surface area contributed by atoms with E-state index in [2.05, 4.69) is 22.3 Å².